The summed E-state index contributed by atoms with van der Waals surface area (Å²) in [7, 11) is 0. The van der Waals surface area contributed by atoms with E-state index in [0.29, 0.717) is 18.3 Å². The molecule has 4 heterocycles. The fourth-order valence-corrected chi connectivity index (χ4v) is 3.64. The molecule has 29 heavy (non-hydrogen) atoms. The van der Waals surface area contributed by atoms with E-state index in [1.54, 1.807) is 10.9 Å². The van der Waals surface area contributed by atoms with Gasteiger partial charge in [0, 0.05) is 25.5 Å². The number of piperidine rings is 1. The molecular weight excluding hydrogens is 368 g/mol. The summed E-state index contributed by atoms with van der Waals surface area (Å²) in [6.07, 6.45) is 5.27. The maximum Gasteiger partial charge on any atom is 0.231 e. The summed E-state index contributed by atoms with van der Waals surface area (Å²) in [5.74, 6) is 1.74. The van der Waals surface area contributed by atoms with Crippen LogP contribution in [0.5, 0.6) is 0 Å². The van der Waals surface area contributed by atoms with E-state index in [1.165, 1.54) is 0 Å². The molecule has 0 radical (unpaired) electrons. The Morgan fingerprint density at radius 2 is 1.97 bits per heavy atom. The molecular formula is C20H20N8O. The second-order valence-corrected chi connectivity index (χ2v) is 7.08. The molecule has 1 atom stereocenters. The average molecular weight is 388 g/mol. The maximum atomic E-state index is 12.8. The zero-order valence-electron chi connectivity index (χ0n) is 15.7. The molecule has 0 unspecified atom stereocenters. The van der Waals surface area contributed by atoms with Gasteiger partial charge in [-0.3, -0.25) is 10.1 Å². The topological polar surface area (TPSA) is 105 Å². The molecule has 1 fully saturated rings. The van der Waals surface area contributed by atoms with Crippen LogP contribution in [0.2, 0.25) is 0 Å². The van der Waals surface area contributed by atoms with Crippen LogP contribution in [0.4, 0.5) is 11.8 Å². The third kappa shape index (κ3) is 3.54. The fourth-order valence-electron chi connectivity index (χ4n) is 3.64. The Morgan fingerprint density at radius 1 is 1.10 bits per heavy atom. The highest BCUT2D eigenvalue weighted by Gasteiger charge is 2.27. The Labute approximate surface area is 166 Å². The molecule has 2 N–H and O–H groups in total. The second kappa shape index (κ2) is 7.34. The summed E-state index contributed by atoms with van der Waals surface area (Å²) in [5.41, 5.74) is 1.74. The minimum atomic E-state index is -0.135. The lowest BCUT2D eigenvalue weighted by Gasteiger charge is -2.32. The summed E-state index contributed by atoms with van der Waals surface area (Å²) in [5, 5.41) is 15.7. The van der Waals surface area contributed by atoms with Crippen molar-refractivity contribution in [3.8, 4) is 5.82 Å². The van der Waals surface area contributed by atoms with Crippen LogP contribution in [0.25, 0.3) is 16.9 Å². The normalized spacial score (nSPS) is 16.8. The first-order chi connectivity index (χ1) is 14.3. The van der Waals surface area contributed by atoms with E-state index in [9.17, 15) is 4.79 Å². The SMILES string of the molecule is O=C(Nc1nc2ccccc2[nH]1)[C@@H]1CCCN(c2ccc(-n3cccn3)nn2)C1. The van der Waals surface area contributed by atoms with Crippen LogP contribution in [0.1, 0.15) is 12.8 Å². The van der Waals surface area contributed by atoms with Crippen LogP contribution in [0, 0.1) is 5.92 Å². The molecule has 3 aromatic heterocycles. The van der Waals surface area contributed by atoms with Gasteiger partial charge >= 0.3 is 0 Å². The van der Waals surface area contributed by atoms with Gasteiger partial charge in [0.05, 0.1) is 17.0 Å². The third-order valence-electron chi connectivity index (χ3n) is 5.12. The van der Waals surface area contributed by atoms with Crippen LogP contribution < -0.4 is 10.2 Å². The van der Waals surface area contributed by atoms with E-state index < -0.39 is 0 Å². The Kier molecular flexibility index (Phi) is 4.39. The first-order valence-corrected chi connectivity index (χ1v) is 9.60. The number of imidazole rings is 1. The smallest absolute Gasteiger partial charge is 0.231 e. The Balaban J connectivity index is 1.26. The van der Waals surface area contributed by atoms with Crippen molar-refractivity contribution in [1.29, 1.82) is 0 Å². The molecule has 0 saturated carbocycles. The van der Waals surface area contributed by atoms with Gasteiger partial charge in [0.2, 0.25) is 11.9 Å². The van der Waals surface area contributed by atoms with Crippen molar-refractivity contribution in [3.63, 3.8) is 0 Å². The number of H-pyrrole nitrogens is 1. The summed E-state index contributed by atoms with van der Waals surface area (Å²) in [6, 6.07) is 13.3. The molecule has 0 aliphatic carbocycles. The number of benzene rings is 1. The van der Waals surface area contributed by atoms with Crippen molar-refractivity contribution in [3.05, 3.63) is 54.9 Å². The number of aromatic nitrogens is 6. The van der Waals surface area contributed by atoms with Crippen molar-refractivity contribution in [1.82, 2.24) is 29.9 Å². The zero-order valence-corrected chi connectivity index (χ0v) is 15.7. The van der Waals surface area contributed by atoms with Crippen molar-refractivity contribution < 1.29 is 4.79 Å². The minimum absolute atomic E-state index is 0.0325. The van der Waals surface area contributed by atoms with E-state index in [2.05, 4.69) is 35.5 Å². The molecule has 9 nitrogen and oxygen atoms in total. The van der Waals surface area contributed by atoms with Crippen molar-refractivity contribution in [2.24, 2.45) is 5.92 Å². The number of hydrogen-bond acceptors (Lipinski definition) is 6. The summed E-state index contributed by atoms with van der Waals surface area (Å²) >= 11 is 0. The summed E-state index contributed by atoms with van der Waals surface area (Å²) in [4.78, 5) is 22.5. The molecule has 1 saturated heterocycles. The lowest BCUT2D eigenvalue weighted by atomic mass is 9.97. The van der Waals surface area contributed by atoms with Crippen LogP contribution in [-0.4, -0.2) is 48.9 Å². The molecule has 146 valence electrons. The quantitative estimate of drug-likeness (QED) is 0.556. The van der Waals surface area contributed by atoms with E-state index >= 15 is 0 Å². The minimum Gasteiger partial charge on any atom is -0.354 e. The van der Waals surface area contributed by atoms with E-state index in [1.807, 2.05) is 48.7 Å². The van der Waals surface area contributed by atoms with Crippen LogP contribution >= 0.6 is 0 Å². The third-order valence-corrected chi connectivity index (χ3v) is 5.12. The number of carbonyl (C=O) groups excluding carboxylic acids is 1. The Hall–Kier alpha value is -3.75. The second-order valence-electron chi connectivity index (χ2n) is 7.08. The van der Waals surface area contributed by atoms with Crippen LogP contribution in [-0.2, 0) is 4.79 Å². The maximum absolute atomic E-state index is 12.8. The monoisotopic (exact) mass is 388 g/mol. The number of fused-ring (bicyclic) bond motifs is 1. The molecule has 1 aliphatic heterocycles. The number of anilines is 2. The highest BCUT2D eigenvalue weighted by atomic mass is 16.2. The number of carbonyl (C=O) groups is 1. The number of amides is 1. The van der Waals surface area contributed by atoms with Gasteiger partial charge in [-0.25, -0.2) is 9.67 Å². The van der Waals surface area contributed by atoms with Gasteiger partial charge in [0.15, 0.2) is 11.6 Å². The standard InChI is InChI=1S/C20H20N8O/c29-19(24-20-22-15-6-1-2-7-16(15)23-20)14-5-3-11-27(13-14)17-8-9-18(26-25-17)28-12-4-10-21-28/h1-2,4,6-10,12,14H,3,5,11,13H2,(H2,22,23,24,29)/t14-/m1/s1. The van der Waals surface area contributed by atoms with Crippen LogP contribution in [0.15, 0.2) is 54.9 Å². The Morgan fingerprint density at radius 3 is 2.76 bits per heavy atom. The number of aromatic amines is 1. The highest BCUT2D eigenvalue weighted by molar-refractivity contribution is 5.93. The van der Waals surface area contributed by atoms with Gasteiger partial charge in [0.25, 0.3) is 0 Å². The van der Waals surface area contributed by atoms with Gasteiger partial charge in [-0.05, 0) is 43.2 Å². The number of rotatable bonds is 4. The Bertz CT molecular complexity index is 1090. The first kappa shape index (κ1) is 17.4. The molecule has 5 rings (SSSR count). The van der Waals surface area contributed by atoms with Gasteiger partial charge in [-0.2, -0.15) is 5.10 Å². The number of para-hydroxylation sites is 2. The number of hydrogen-bond donors (Lipinski definition) is 2. The van der Waals surface area contributed by atoms with Gasteiger partial charge in [0.1, 0.15) is 0 Å². The van der Waals surface area contributed by atoms with Crippen molar-refractivity contribution >= 4 is 28.7 Å². The molecule has 1 aliphatic rings. The lowest BCUT2D eigenvalue weighted by Crippen LogP contribution is -2.41. The first-order valence-electron chi connectivity index (χ1n) is 9.60. The average Bonchev–Trinajstić information content (AvgIpc) is 3.43. The lowest BCUT2D eigenvalue weighted by molar-refractivity contribution is -0.120. The van der Waals surface area contributed by atoms with Crippen LogP contribution in [0.3, 0.4) is 0 Å². The van der Waals surface area contributed by atoms with E-state index in [-0.39, 0.29) is 11.8 Å². The van der Waals surface area contributed by atoms with Gasteiger partial charge in [-0.15, -0.1) is 10.2 Å². The van der Waals surface area contributed by atoms with E-state index in [0.717, 1.165) is 36.2 Å². The van der Waals surface area contributed by atoms with Crippen molar-refractivity contribution in [2.45, 2.75) is 12.8 Å². The van der Waals surface area contributed by atoms with Gasteiger partial charge in [-0.1, -0.05) is 12.1 Å². The largest absolute Gasteiger partial charge is 0.354 e. The number of nitrogens with one attached hydrogen (secondary N) is 2. The molecule has 1 aromatic carbocycles. The predicted molar refractivity (Wildman–Crippen MR) is 109 cm³/mol. The fraction of sp³-hybridized carbons (Fsp3) is 0.250. The predicted octanol–water partition coefficient (Wildman–Crippen LogP) is 2.39. The molecule has 4 aromatic rings. The van der Waals surface area contributed by atoms with E-state index in [4.69, 9.17) is 0 Å². The molecule has 0 spiro atoms. The summed E-state index contributed by atoms with van der Waals surface area (Å²) in [6.45, 7) is 1.45. The summed E-state index contributed by atoms with van der Waals surface area (Å²) < 4.78 is 1.66. The highest BCUT2D eigenvalue weighted by Crippen LogP contribution is 2.23. The number of nitrogens with zero attached hydrogens (tertiary/aromatic N) is 6. The molecule has 0 bridgehead atoms. The van der Waals surface area contributed by atoms with Gasteiger partial charge < -0.3 is 9.88 Å². The molecule has 9 heteroatoms. The molecule has 1 amide bonds. The zero-order chi connectivity index (χ0) is 19.6. The van der Waals surface area contributed by atoms with Crippen molar-refractivity contribution in [2.75, 3.05) is 23.3 Å².